The zero-order valence-corrected chi connectivity index (χ0v) is 17.8. The summed E-state index contributed by atoms with van der Waals surface area (Å²) in [7, 11) is 0. The number of nitrogens with zero attached hydrogens (tertiary/aromatic N) is 6. The molecule has 152 valence electrons. The maximum absolute atomic E-state index is 4.59. The van der Waals surface area contributed by atoms with Gasteiger partial charge in [0.15, 0.2) is 5.82 Å². The van der Waals surface area contributed by atoms with Crippen molar-refractivity contribution in [1.82, 2.24) is 29.6 Å². The normalized spacial score (nSPS) is 15.0. The molecule has 4 aromatic rings. The van der Waals surface area contributed by atoms with Gasteiger partial charge in [-0.3, -0.25) is 9.47 Å². The monoisotopic (exact) mass is 416 g/mol. The third-order valence-electron chi connectivity index (χ3n) is 5.47. The van der Waals surface area contributed by atoms with Crippen LogP contribution in [0.2, 0.25) is 0 Å². The Morgan fingerprint density at radius 2 is 1.77 bits per heavy atom. The van der Waals surface area contributed by atoms with Crippen LogP contribution in [-0.4, -0.2) is 42.7 Å². The molecule has 1 saturated heterocycles. The van der Waals surface area contributed by atoms with Gasteiger partial charge in [-0.2, -0.15) is 0 Å². The van der Waals surface area contributed by atoms with E-state index in [-0.39, 0.29) is 0 Å². The molecule has 1 aliphatic rings. The molecule has 0 N–H and O–H groups in total. The average Bonchev–Trinajstić information content (AvgIpc) is 3.17. The molecule has 0 atom stereocenters. The lowest BCUT2D eigenvalue weighted by Crippen LogP contribution is -2.30. The number of hydrogen-bond acceptors (Lipinski definition) is 6. The van der Waals surface area contributed by atoms with Crippen molar-refractivity contribution in [3.8, 4) is 5.69 Å². The molecule has 0 radical (unpaired) electrons. The molecule has 1 fully saturated rings. The fourth-order valence-corrected chi connectivity index (χ4v) is 4.87. The summed E-state index contributed by atoms with van der Waals surface area (Å²) < 4.78 is 2.17. The van der Waals surface area contributed by atoms with E-state index in [1.54, 1.807) is 18.1 Å². The lowest BCUT2D eigenvalue weighted by molar-refractivity contribution is 0.214. The first-order chi connectivity index (χ1) is 14.8. The van der Waals surface area contributed by atoms with Crippen molar-refractivity contribution in [3.05, 3.63) is 66.2 Å². The second kappa shape index (κ2) is 8.53. The number of para-hydroxylation sites is 1. The highest BCUT2D eigenvalue weighted by Gasteiger charge is 2.20. The van der Waals surface area contributed by atoms with E-state index in [9.17, 15) is 0 Å². The van der Waals surface area contributed by atoms with E-state index in [2.05, 4.69) is 73.0 Å². The van der Waals surface area contributed by atoms with Gasteiger partial charge < -0.3 is 0 Å². The lowest BCUT2D eigenvalue weighted by atomic mass is 10.1. The minimum atomic E-state index is 0.812. The van der Waals surface area contributed by atoms with Gasteiger partial charge in [0.25, 0.3) is 0 Å². The van der Waals surface area contributed by atoms with Crippen LogP contribution in [0.25, 0.3) is 16.6 Å². The van der Waals surface area contributed by atoms with E-state index in [0.29, 0.717) is 0 Å². The highest BCUT2D eigenvalue weighted by molar-refractivity contribution is 7.99. The molecule has 0 spiro atoms. The van der Waals surface area contributed by atoms with Crippen molar-refractivity contribution in [1.29, 1.82) is 0 Å². The van der Waals surface area contributed by atoms with Gasteiger partial charge in [0.2, 0.25) is 5.16 Å². The number of hydrogen-bond donors (Lipinski definition) is 0. The van der Waals surface area contributed by atoms with Gasteiger partial charge in [-0.15, -0.1) is 10.2 Å². The maximum atomic E-state index is 4.59. The van der Waals surface area contributed by atoms with Crippen molar-refractivity contribution in [2.75, 3.05) is 13.1 Å². The first kappa shape index (κ1) is 19.2. The summed E-state index contributed by atoms with van der Waals surface area (Å²) in [6.07, 6.45) is 5.46. The second-order valence-electron chi connectivity index (χ2n) is 7.71. The fourth-order valence-electron chi connectivity index (χ4n) is 3.94. The standard InChI is InChI=1S/C23H24N6S/c1-17-10-11-20-19(14-17)22(25-16-24-20)30-23-27-26-21(15-28-12-6-3-7-13-28)29(23)18-8-4-2-5-9-18/h2,4-5,8-11,14,16H,3,6-7,12-13,15H2,1H3. The SMILES string of the molecule is Cc1ccc2ncnc(Sc3nnc(CN4CCCCC4)n3-c3ccccc3)c2c1. The molecule has 1 aliphatic heterocycles. The number of fused-ring (bicyclic) bond motifs is 1. The number of piperidine rings is 1. The molecule has 30 heavy (non-hydrogen) atoms. The first-order valence-corrected chi connectivity index (χ1v) is 11.2. The molecule has 0 unspecified atom stereocenters. The zero-order valence-electron chi connectivity index (χ0n) is 17.0. The molecule has 2 aromatic heterocycles. The van der Waals surface area contributed by atoms with Gasteiger partial charge in [0.05, 0.1) is 12.1 Å². The van der Waals surface area contributed by atoms with Gasteiger partial charge in [0, 0.05) is 11.1 Å². The van der Waals surface area contributed by atoms with Crippen LogP contribution in [0.4, 0.5) is 0 Å². The Bertz CT molecular complexity index is 1150. The Balaban J connectivity index is 1.54. The van der Waals surface area contributed by atoms with Crippen molar-refractivity contribution in [2.45, 2.75) is 42.9 Å². The van der Waals surface area contributed by atoms with Crippen LogP contribution in [0.15, 0.2) is 65.0 Å². The molecule has 0 bridgehead atoms. The number of likely N-dealkylation sites (tertiary alicyclic amines) is 1. The molecule has 0 aliphatic carbocycles. The number of aromatic nitrogens is 5. The Kier molecular flexibility index (Phi) is 5.46. The van der Waals surface area contributed by atoms with Crippen molar-refractivity contribution in [3.63, 3.8) is 0 Å². The molecule has 2 aromatic carbocycles. The summed E-state index contributed by atoms with van der Waals surface area (Å²) in [6, 6.07) is 16.6. The summed E-state index contributed by atoms with van der Waals surface area (Å²) in [5, 5.41) is 11.9. The molecule has 6 nitrogen and oxygen atoms in total. The third kappa shape index (κ3) is 3.95. The predicted octanol–water partition coefficient (Wildman–Crippen LogP) is 4.66. The van der Waals surface area contributed by atoms with Gasteiger partial charge in [0.1, 0.15) is 11.4 Å². The van der Waals surface area contributed by atoms with Gasteiger partial charge in [-0.05, 0) is 68.9 Å². The Hall–Kier alpha value is -2.77. The summed E-state index contributed by atoms with van der Waals surface area (Å²) in [5.74, 6) is 0.972. The van der Waals surface area contributed by atoms with Crippen LogP contribution in [-0.2, 0) is 6.54 Å². The summed E-state index contributed by atoms with van der Waals surface area (Å²) >= 11 is 1.55. The summed E-state index contributed by atoms with van der Waals surface area (Å²) in [5.41, 5.74) is 3.21. The van der Waals surface area contributed by atoms with E-state index >= 15 is 0 Å². The average molecular weight is 417 g/mol. The topological polar surface area (TPSA) is 59.7 Å². The second-order valence-corrected chi connectivity index (χ2v) is 8.66. The molecule has 3 heterocycles. The van der Waals surface area contributed by atoms with E-state index < -0.39 is 0 Å². The molecular formula is C23H24N6S. The lowest BCUT2D eigenvalue weighted by Gasteiger charge is -2.26. The Morgan fingerprint density at radius 3 is 2.60 bits per heavy atom. The predicted molar refractivity (Wildman–Crippen MR) is 119 cm³/mol. The van der Waals surface area contributed by atoms with Gasteiger partial charge >= 0.3 is 0 Å². The van der Waals surface area contributed by atoms with Crippen molar-refractivity contribution >= 4 is 22.7 Å². The highest BCUT2D eigenvalue weighted by Crippen LogP contribution is 2.32. The van der Waals surface area contributed by atoms with Crippen LogP contribution in [0.5, 0.6) is 0 Å². The molecule has 0 saturated carbocycles. The quantitative estimate of drug-likeness (QED) is 0.441. The molecule has 5 rings (SSSR count). The van der Waals surface area contributed by atoms with Crippen LogP contribution in [0.1, 0.15) is 30.7 Å². The number of aryl methyl sites for hydroxylation is 1. The van der Waals surface area contributed by atoms with Crippen LogP contribution < -0.4 is 0 Å². The van der Waals surface area contributed by atoms with Crippen LogP contribution in [0.3, 0.4) is 0 Å². The smallest absolute Gasteiger partial charge is 0.202 e. The van der Waals surface area contributed by atoms with Crippen molar-refractivity contribution in [2.24, 2.45) is 0 Å². The maximum Gasteiger partial charge on any atom is 0.202 e. The van der Waals surface area contributed by atoms with Crippen molar-refractivity contribution < 1.29 is 0 Å². The van der Waals surface area contributed by atoms with Gasteiger partial charge in [-0.1, -0.05) is 36.2 Å². The number of rotatable bonds is 5. The van der Waals surface area contributed by atoms with E-state index in [1.807, 2.05) is 12.1 Å². The van der Waals surface area contributed by atoms with Gasteiger partial charge in [-0.25, -0.2) is 9.97 Å². The molecular weight excluding hydrogens is 392 g/mol. The highest BCUT2D eigenvalue weighted by atomic mass is 32.2. The summed E-state index contributed by atoms with van der Waals surface area (Å²) in [6.45, 7) is 5.15. The van der Waals surface area contributed by atoms with E-state index in [4.69, 9.17) is 0 Å². The third-order valence-corrected chi connectivity index (χ3v) is 6.44. The minimum absolute atomic E-state index is 0.812. The van der Waals surface area contributed by atoms with E-state index in [1.165, 1.54) is 24.8 Å². The Morgan fingerprint density at radius 1 is 0.933 bits per heavy atom. The zero-order chi connectivity index (χ0) is 20.3. The Labute approximate surface area is 180 Å². The largest absolute Gasteiger partial charge is 0.296 e. The minimum Gasteiger partial charge on any atom is -0.296 e. The molecule has 0 amide bonds. The first-order valence-electron chi connectivity index (χ1n) is 10.4. The number of benzene rings is 2. The molecule has 7 heteroatoms. The fraction of sp³-hybridized carbons (Fsp3) is 0.304. The summed E-state index contributed by atoms with van der Waals surface area (Å²) in [4.78, 5) is 11.5. The van der Waals surface area contributed by atoms with E-state index in [0.717, 1.165) is 52.2 Å². The van der Waals surface area contributed by atoms with Crippen LogP contribution >= 0.6 is 11.8 Å². The van der Waals surface area contributed by atoms with Crippen LogP contribution in [0, 0.1) is 6.92 Å².